The molecule has 1 aromatic rings. The van der Waals surface area contributed by atoms with E-state index in [4.69, 9.17) is 4.74 Å². The number of carbonyl (C=O) groups excluding carboxylic acids is 1. The van der Waals surface area contributed by atoms with E-state index < -0.39 is 0 Å². The number of hydrogen-bond donors (Lipinski definition) is 1. The fourth-order valence-electron chi connectivity index (χ4n) is 2.53. The minimum absolute atomic E-state index is 0.0297. The van der Waals surface area contributed by atoms with Gasteiger partial charge in [0.1, 0.15) is 5.75 Å². The molecule has 0 saturated carbocycles. The molecule has 1 heterocycles. The first kappa shape index (κ1) is 14.9. The lowest BCUT2D eigenvalue weighted by Crippen LogP contribution is -2.67. The highest BCUT2D eigenvalue weighted by Gasteiger charge is 2.41. The minimum atomic E-state index is -0.215. The van der Waals surface area contributed by atoms with Crippen molar-refractivity contribution in [2.75, 3.05) is 20.2 Å². The number of nitrogens with zero attached hydrogens (tertiary/aromatic N) is 1. The van der Waals surface area contributed by atoms with Gasteiger partial charge in [-0.15, -0.1) is 0 Å². The standard InChI is InChI=1S/C16H24N2O2/c1-15(2)11-18(16(3,4)10-17-15)14(19)12-8-6-7-9-13(12)20-5/h6-9,17H,10-11H2,1-5H3. The normalized spacial score (nSPS) is 20.6. The molecule has 1 saturated heterocycles. The molecule has 4 heteroatoms. The van der Waals surface area contributed by atoms with Gasteiger partial charge in [-0.2, -0.15) is 0 Å². The van der Waals surface area contributed by atoms with E-state index in [0.717, 1.165) is 6.54 Å². The second kappa shape index (κ2) is 5.09. The quantitative estimate of drug-likeness (QED) is 0.901. The predicted molar refractivity (Wildman–Crippen MR) is 80.2 cm³/mol. The molecule has 0 radical (unpaired) electrons. The molecule has 1 N–H and O–H groups in total. The van der Waals surface area contributed by atoms with Crippen LogP contribution in [0.3, 0.4) is 0 Å². The number of piperazine rings is 1. The Morgan fingerprint density at radius 3 is 2.55 bits per heavy atom. The Morgan fingerprint density at radius 1 is 1.25 bits per heavy atom. The summed E-state index contributed by atoms with van der Waals surface area (Å²) in [4.78, 5) is 14.8. The molecule has 0 bridgehead atoms. The van der Waals surface area contributed by atoms with Gasteiger partial charge < -0.3 is 15.0 Å². The largest absolute Gasteiger partial charge is 0.496 e. The number of rotatable bonds is 2. The zero-order valence-electron chi connectivity index (χ0n) is 13.0. The summed E-state index contributed by atoms with van der Waals surface area (Å²) in [6, 6.07) is 7.40. The molecular weight excluding hydrogens is 252 g/mol. The number of ether oxygens (including phenoxy) is 1. The van der Waals surface area contributed by atoms with Gasteiger partial charge >= 0.3 is 0 Å². The van der Waals surface area contributed by atoms with Crippen LogP contribution in [-0.2, 0) is 0 Å². The Bertz CT molecular complexity index is 509. The summed E-state index contributed by atoms with van der Waals surface area (Å²) in [5.74, 6) is 0.659. The predicted octanol–water partition coefficient (Wildman–Crippen LogP) is 2.30. The van der Waals surface area contributed by atoms with Crippen LogP contribution >= 0.6 is 0 Å². The van der Waals surface area contributed by atoms with Crippen LogP contribution < -0.4 is 10.1 Å². The van der Waals surface area contributed by atoms with Gasteiger partial charge in [0.05, 0.1) is 18.2 Å². The van der Waals surface area contributed by atoms with Gasteiger partial charge in [-0.25, -0.2) is 0 Å². The fourth-order valence-corrected chi connectivity index (χ4v) is 2.53. The van der Waals surface area contributed by atoms with E-state index in [1.54, 1.807) is 7.11 Å². The maximum atomic E-state index is 12.9. The Kier molecular flexibility index (Phi) is 3.78. The first-order valence-corrected chi connectivity index (χ1v) is 6.97. The van der Waals surface area contributed by atoms with Crippen LogP contribution in [0.1, 0.15) is 38.1 Å². The number of benzene rings is 1. The monoisotopic (exact) mass is 276 g/mol. The zero-order valence-corrected chi connectivity index (χ0v) is 13.0. The molecule has 0 aromatic heterocycles. The third-order valence-corrected chi connectivity index (χ3v) is 3.87. The van der Waals surface area contributed by atoms with Crippen molar-refractivity contribution in [3.05, 3.63) is 29.8 Å². The second-order valence-electron chi connectivity index (χ2n) is 6.64. The molecule has 4 nitrogen and oxygen atoms in total. The number of nitrogens with one attached hydrogen (secondary N) is 1. The zero-order chi connectivity index (χ0) is 15.0. The molecule has 20 heavy (non-hydrogen) atoms. The smallest absolute Gasteiger partial charge is 0.258 e. The summed E-state index contributed by atoms with van der Waals surface area (Å²) in [5.41, 5.74) is 0.335. The van der Waals surface area contributed by atoms with E-state index in [1.807, 2.05) is 29.2 Å². The SMILES string of the molecule is COc1ccccc1C(=O)N1CC(C)(C)NCC1(C)C. The van der Waals surface area contributed by atoms with Crippen molar-refractivity contribution >= 4 is 5.91 Å². The molecule has 2 rings (SSSR count). The van der Waals surface area contributed by atoms with E-state index in [9.17, 15) is 4.79 Å². The number of carbonyl (C=O) groups is 1. The first-order valence-electron chi connectivity index (χ1n) is 6.97. The Morgan fingerprint density at radius 2 is 1.90 bits per heavy atom. The van der Waals surface area contributed by atoms with Crippen LogP contribution in [0.4, 0.5) is 0 Å². The van der Waals surface area contributed by atoms with Crippen LogP contribution in [0.5, 0.6) is 5.75 Å². The molecule has 0 atom stereocenters. The van der Waals surface area contributed by atoms with Crippen molar-refractivity contribution in [1.82, 2.24) is 10.2 Å². The third kappa shape index (κ3) is 2.80. The highest BCUT2D eigenvalue weighted by atomic mass is 16.5. The van der Waals surface area contributed by atoms with Gasteiger partial charge in [0.2, 0.25) is 0 Å². The highest BCUT2D eigenvalue weighted by molar-refractivity contribution is 5.97. The summed E-state index contributed by atoms with van der Waals surface area (Å²) < 4.78 is 5.31. The van der Waals surface area contributed by atoms with Crippen molar-refractivity contribution in [3.63, 3.8) is 0 Å². The maximum absolute atomic E-state index is 12.9. The minimum Gasteiger partial charge on any atom is -0.496 e. The van der Waals surface area contributed by atoms with Crippen LogP contribution in [0.25, 0.3) is 0 Å². The average molecular weight is 276 g/mol. The van der Waals surface area contributed by atoms with Gasteiger partial charge in [-0.1, -0.05) is 12.1 Å². The third-order valence-electron chi connectivity index (χ3n) is 3.87. The summed E-state index contributed by atoms with van der Waals surface area (Å²) >= 11 is 0. The van der Waals surface area contributed by atoms with Gasteiger partial charge in [0.15, 0.2) is 0 Å². The fraction of sp³-hybridized carbons (Fsp3) is 0.562. The number of para-hydroxylation sites is 1. The Balaban J connectivity index is 2.35. The number of methoxy groups -OCH3 is 1. The van der Waals surface area contributed by atoms with E-state index in [2.05, 4.69) is 33.0 Å². The van der Waals surface area contributed by atoms with E-state index in [0.29, 0.717) is 17.9 Å². The molecule has 1 fully saturated rings. The van der Waals surface area contributed by atoms with Crippen molar-refractivity contribution < 1.29 is 9.53 Å². The van der Waals surface area contributed by atoms with Crippen molar-refractivity contribution in [2.45, 2.75) is 38.8 Å². The summed E-state index contributed by atoms with van der Waals surface area (Å²) in [6.45, 7) is 9.86. The lowest BCUT2D eigenvalue weighted by atomic mass is 9.90. The summed E-state index contributed by atoms with van der Waals surface area (Å²) in [6.07, 6.45) is 0. The van der Waals surface area contributed by atoms with Crippen LogP contribution in [-0.4, -0.2) is 42.1 Å². The van der Waals surface area contributed by atoms with Gasteiger partial charge in [-0.3, -0.25) is 4.79 Å². The van der Waals surface area contributed by atoms with Crippen LogP contribution in [0.2, 0.25) is 0 Å². The number of amides is 1. The molecule has 1 aliphatic rings. The van der Waals surface area contributed by atoms with Crippen molar-refractivity contribution in [3.8, 4) is 5.75 Å². The van der Waals surface area contributed by atoms with E-state index >= 15 is 0 Å². The second-order valence-corrected chi connectivity index (χ2v) is 6.64. The molecule has 1 aliphatic heterocycles. The van der Waals surface area contributed by atoms with Crippen molar-refractivity contribution in [2.24, 2.45) is 0 Å². The first-order chi connectivity index (χ1) is 9.27. The molecule has 0 unspecified atom stereocenters. The van der Waals surface area contributed by atoms with Gasteiger partial charge in [0, 0.05) is 18.6 Å². The van der Waals surface area contributed by atoms with Gasteiger partial charge in [0.25, 0.3) is 5.91 Å². The molecule has 0 spiro atoms. The summed E-state index contributed by atoms with van der Waals surface area (Å²) in [7, 11) is 1.60. The molecule has 1 aromatic carbocycles. The maximum Gasteiger partial charge on any atom is 0.258 e. The van der Waals surface area contributed by atoms with Crippen molar-refractivity contribution in [1.29, 1.82) is 0 Å². The molecular formula is C16H24N2O2. The molecule has 1 amide bonds. The van der Waals surface area contributed by atoms with E-state index in [1.165, 1.54) is 0 Å². The number of hydrogen-bond acceptors (Lipinski definition) is 3. The average Bonchev–Trinajstić information content (AvgIpc) is 2.41. The molecule has 110 valence electrons. The Labute approximate surface area is 121 Å². The van der Waals surface area contributed by atoms with Crippen LogP contribution in [0.15, 0.2) is 24.3 Å². The lowest BCUT2D eigenvalue weighted by molar-refractivity contribution is 0.0279. The van der Waals surface area contributed by atoms with Gasteiger partial charge in [-0.05, 0) is 39.8 Å². The molecule has 0 aliphatic carbocycles. The topological polar surface area (TPSA) is 41.6 Å². The van der Waals surface area contributed by atoms with E-state index in [-0.39, 0.29) is 17.0 Å². The lowest BCUT2D eigenvalue weighted by Gasteiger charge is -2.49. The summed E-state index contributed by atoms with van der Waals surface area (Å²) in [5, 5.41) is 3.49. The highest BCUT2D eigenvalue weighted by Crippen LogP contribution is 2.28. The Hall–Kier alpha value is -1.55. The van der Waals surface area contributed by atoms with Crippen LogP contribution in [0, 0.1) is 0 Å².